The summed E-state index contributed by atoms with van der Waals surface area (Å²) in [6.45, 7) is 7.49. The summed E-state index contributed by atoms with van der Waals surface area (Å²) in [7, 11) is 1.81. The second kappa shape index (κ2) is 6.36. The highest BCUT2D eigenvalue weighted by atomic mass is 16.5. The van der Waals surface area contributed by atoms with Crippen LogP contribution in [0.2, 0.25) is 0 Å². The SMILES string of the molecule is CN(CC1CCCCO1)C(=O)COC(C)(C)C. The normalized spacial score (nSPS) is 21.3. The highest BCUT2D eigenvalue weighted by molar-refractivity contribution is 5.77. The van der Waals surface area contributed by atoms with Gasteiger partial charge in [0.05, 0.1) is 11.7 Å². The van der Waals surface area contributed by atoms with E-state index >= 15 is 0 Å². The Morgan fingerprint density at radius 2 is 2.12 bits per heavy atom. The van der Waals surface area contributed by atoms with Gasteiger partial charge in [-0.15, -0.1) is 0 Å². The predicted molar refractivity (Wildman–Crippen MR) is 66.9 cm³/mol. The van der Waals surface area contributed by atoms with E-state index in [9.17, 15) is 4.79 Å². The molecule has 0 radical (unpaired) electrons. The molecule has 1 atom stereocenters. The van der Waals surface area contributed by atoms with Crippen LogP contribution in [0.15, 0.2) is 0 Å². The Morgan fingerprint density at radius 1 is 1.41 bits per heavy atom. The van der Waals surface area contributed by atoms with Crippen LogP contribution in [-0.2, 0) is 14.3 Å². The zero-order valence-electron chi connectivity index (χ0n) is 11.5. The van der Waals surface area contributed by atoms with Crippen LogP contribution >= 0.6 is 0 Å². The standard InChI is InChI=1S/C13H25NO3/c1-13(2,3)17-10-12(15)14(4)9-11-7-5-6-8-16-11/h11H,5-10H2,1-4H3. The molecule has 0 bridgehead atoms. The molecule has 1 amide bonds. The largest absolute Gasteiger partial charge is 0.376 e. The lowest BCUT2D eigenvalue weighted by Crippen LogP contribution is -2.40. The maximum atomic E-state index is 11.8. The first-order valence-corrected chi connectivity index (χ1v) is 6.38. The first-order chi connectivity index (χ1) is 7.88. The van der Waals surface area contributed by atoms with Crippen LogP contribution in [0, 0.1) is 0 Å². The summed E-state index contributed by atoms with van der Waals surface area (Å²) < 4.78 is 11.1. The molecule has 1 aliphatic rings. The fourth-order valence-corrected chi connectivity index (χ4v) is 1.75. The van der Waals surface area contributed by atoms with Gasteiger partial charge in [-0.1, -0.05) is 0 Å². The van der Waals surface area contributed by atoms with E-state index in [1.807, 2.05) is 27.8 Å². The van der Waals surface area contributed by atoms with E-state index in [-0.39, 0.29) is 24.2 Å². The van der Waals surface area contributed by atoms with Gasteiger partial charge in [0.1, 0.15) is 6.61 Å². The molecule has 17 heavy (non-hydrogen) atoms. The van der Waals surface area contributed by atoms with Crippen LogP contribution in [0.1, 0.15) is 40.0 Å². The quantitative estimate of drug-likeness (QED) is 0.756. The lowest BCUT2D eigenvalue weighted by Gasteiger charge is -2.28. The molecule has 1 saturated heterocycles. The number of nitrogens with zero attached hydrogens (tertiary/aromatic N) is 1. The lowest BCUT2D eigenvalue weighted by atomic mass is 10.1. The van der Waals surface area contributed by atoms with Crippen molar-refractivity contribution in [3.8, 4) is 0 Å². The number of hydrogen-bond donors (Lipinski definition) is 0. The van der Waals surface area contributed by atoms with Crippen LogP contribution in [0.25, 0.3) is 0 Å². The molecular formula is C13H25NO3. The Balaban J connectivity index is 2.26. The third-order valence-corrected chi connectivity index (χ3v) is 2.81. The summed E-state index contributed by atoms with van der Waals surface area (Å²) in [6.07, 6.45) is 3.59. The fraction of sp³-hybridized carbons (Fsp3) is 0.923. The second-order valence-electron chi connectivity index (χ2n) is 5.66. The number of hydrogen-bond acceptors (Lipinski definition) is 3. The number of likely N-dealkylation sites (N-methyl/N-ethyl adjacent to an activating group) is 1. The van der Waals surface area contributed by atoms with E-state index in [1.54, 1.807) is 4.90 Å². The summed E-state index contributed by atoms with van der Waals surface area (Å²) >= 11 is 0. The van der Waals surface area contributed by atoms with E-state index < -0.39 is 0 Å². The number of carbonyl (C=O) groups excluding carboxylic acids is 1. The smallest absolute Gasteiger partial charge is 0.248 e. The van der Waals surface area contributed by atoms with Crippen LogP contribution < -0.4 is 0 Å². The number of amides is 1. The van der Waals surface area contributed by atoms with Gasteiger partial charge in [-0.3, -0.25) is 4.79 Å². The van der Waals surface area contributed by atoms with Gasteiger partial charge >= 0.3 is 0 Å². The number of ether oxygens (including phenoxy) is 2. The van der Waals surface area contributed by atoms with Crippen LogP contribution in [-0.4, -0.2) is 49.3 Å². The molecule has 0 aliphatic carbocycles. The summed E-state index contributed by atoms with van der Waals surface area (Å²) in [5, 5.41) is 0. The van der Waals surface area contributed by atoms with Crippen molar-refractivity contribution in [3.63, 3.8) is 0 Å². The molecule has 1 fully saturated rings. The zero-order chi connectivity index (χ0) is 12.9. The number of carbonyl (C=O) groups is 1. The Bertz CT molecular complexity index is 242. The van der Waals surface area contributed by atoms with Crippen molar-refractivity contribution in [2.45, 2.75) is 51.7 Å². The maximum absolute atomic E-state index is 11.8. The lowest BCUT2D eigenvalue weighted by molar-refractivity contribution is -0.142. The Hall–Kier alpha value is -0.610. The summed E-state index contributed by atoms with van der Waals surface area (Å²) in [6, 6.07) is 0. The van der Waals surface area contributed by atoms with Gasteiger partial charge in [0, 0.05) is 20.2 Å². The molecule has 0 aromatic heterocycles. The van der Waals surface area contributed by atoms with E-state index in [1.165, 1.54) is 6.42 Å². The fourth-order valence-electron chi connectivity index (χ4n) is 1.75. The third-order valence-electron chi connectivity index (χ3n) is 2.81. The van der Waals surface area contributed by atoms with Gasteiger partial charge in [0.2, 0.25) is 5.91 Å². The van der Waals surface area contributed by atoms with Crippen molar-refractivity contribution in [2.75, 3.05) is 26.8 Å². The van der Waals surface area contributed by atoms with Gasteiger partial charge in [0.25, 0.3) is 0 Å². The van der Waals surface area contributed by atoms with Crippen molar-refractivity contribution in [3.05, 3.63) is 0 Å². The van der Waals surface area contributed by atoms with Crippen molar-refractivity contribution < 1.29 is 14.3 Å². The Labute approximate surface area is 104 Å². The van der Waals surface area contributed by atoms with E-state index in [0.717, 1.165) is 19.4 Å². The topological polar surface area (TPSA) is 38.8 Å². The van der Waals surface area contributed by atoms with E-state index in [2.05, 4.69) is 0 Å². The Morgan fingerprint density at radius 3 is 2.65 bits per heavy atom. The molecule has 0 aromatic carbocycles. The van der Waals surface area contributed by atoms with Crippen molar-refractivity contribution in [1.29, 1.82) is 0 Å². The maximum Gasteiger partial charge on any atom is 0.248 e. The molecule has 0 aromatic rings. The Kier molecular flexibility index (Phi) is 5.40. The van der Waals surface area contributed by atoms with Crippen molar-refractivity contribution in [2.24, 2.45) is 0 Å². The monoisotopic (exact) mass is 243 g/mol. The van der Waals surface area contributed by atoms with Gasteiger partial charge in [-0.2, -0.15) is 0 Å². The van der Waals surface area contributed by atoms with Crippen LogP contribution in [0.4, 0.5) is 0 Å². The molecular weight excluding hydrogens is 218 g/mol. The van der Waals surface area contributed by atoms with Crippen LogP contribution in [0.5, 0.6) is 0 Å². The average Bonchev–Trinajstić information content (AvgIpc) is 2.26. The molecule has 0 saturated carbocycles. The second-order valence-corrected chi connectivity index (χ2v) is 5.66. The molecule has 4 nitrogen and oxygen atoms in total. The van der Waals surface area contributed by atoms with Crippen LogP contribution in [0.3, 0.4) is 0 Å². The average molecular weight is 243 g/mol. The molecule has 0 spiro atoms. The highest BCUT2D eigenvalue weighted by Crippen LogP contribution is 2.13. The van der Waals surface area contributed by atoms with E-state index in [4.69, 9.17) is 9.47 Å². The van der Waals surface area contributed by atoms with Crippen molar-refractivity contribution >= 4 is 5.91 Å². The van der Waals surface area contributed by atoms with Gasteiger partial charge in [-0.25, -0.2) is 0 Å². The van der Waals surface area contributed by atoms with E-state index in [0.29, 0.717) is 6.54 Å². The minimum Gasteiger partial charge on any atom is -0.376 e. The molecule has 1 aliphatic heterocycles. The predicted octanol–water partition coefficient (Wildman–Crippen LogP) is 1.83. The molecule has 4 heteroatoms. The molecule has 100 valence electrons. The summed E-state index contributed by atoms with van der Waals surface area (Å²) in [5.41, 5.74) is -0.266. The number of rotatable bonds is 4. The van der Waals surface area contributed by atoms with Crippen molar-refractivity contribution in [1.82, 2.24) is 4.90 Å². The first kappa shape index (κ1) is 14.5. The third kappa shape index (κ3) is 6.03. The minimum absolute atomic E-state index is 0.0223. The molecule has 1 unspecified atom stereocenters. The summed E-state index contributed by atoms with van der Waals surface area (Å²) in [5.74, 6) is 0.0223. The minimum atomic E-state index is -0.266. The zero-order valence-corrected chi connectivity index (χ0v) is 11.5. The molecule has 1 heterocycles. The first-order valence-electron chi connectivity index (χ1n) is 6.38. The molecule has 1 rings (SSSR count). The summed E-state index contributed by atoms with van der Waals surface area (Å²) in [4.78, 5) is 13.5. The highest BCUT2D eigenvalue weighted by Gasteiger charge is 2.20. The van der Waals surface area contributed by atoms with Gasteiger partial charge in [-0.05, 0) is 40.0 Å². The van der Waals surface area contributed by atoms with Gasteiger partial charge < -0.3 is 14.4 Å². The van der Waals surface area contributed by atoms with Gasteiger partial charge in [0.15, 0.2) is 0 Å². The molecule has 0 N–H and O–H groups in total.